The van der Waals surface area contributed by atoms with Gasteiger partial charge in [0.15, 0.2) is 5.78 Å². The first-order valence-electron chi connectivity index (χ1n) is 3.80. The molecule has 5 nitrogen and oxygen atoms in total. The summed E-state index contributed by atoms with van der Waals surface area (Å²) in [7, 11) is 2.73. The smallest absolute Gasteiger partial charge is 0.190 e. The van der Waals surface area contributed by atoms with Crippen molar-refractivity contribution < 1.29 is 24.5 Å². The van der Waals surface area contributed by atoms with Crippen LogP contribution in [0.15, 0.2) is 11.8 Å². The molecule has 0 amide bonds. The molecule has 5 heteroatoms. The van der Waals surface area contributed by atoms with Gasteiger partial charge >= 0.3 is 0 Å². The molecule has 3 atom stereocenters. The lowest BCUT2D eigenvalue weighted by Crippen LogP contribution is -2.47. The quantitative estimate of drug-likeness (QED) is 0.571. The molecule has 1 rings (SSSR count). The third kappa shape index (κ3) is 1.72. The van der Waals surface area contributed by atoms with Crippen LogP contribution in [0.25, 0.3) is 0 Å². The maximum absolute atomic E-state index is 11.0. The van der Waals surface area contributed by atoms with Crippen LogP contribution in [0.1, 0.15) is 0 Å². The fourth-order valence-electron chi connectivity index (χ4n) is 1.24. The van der Waals surface area contributed by atoms with Crippen LogP contribution in [-0.2, 0) is 14.3 Å². The lowest BCUT2D eigenvalue weighted by atomic mass is 9.96. The van der Waals surface area contributed by atoms with Crippen molar-refractivity contribution in [2.45, 2.75) is 18.3 Å². The van der Waals surface area contributed by atoms with E-state index >= 15 is 0 Å². The number of hydrogen-bond acceptors (Lipinski definition) is 5. The third-order valence-electron chi connectivity index (χ3n) is 1.98. The highest BCUT2D eigenvalue weighted by Gasteiger charge is 2.38. The van der Waals surface area contributed by atoms with E-state index in [1.807, 2.05) is 0 Å². The Morgan fingerprint density at radius 3 is 2.46 bits per heavy atom. The molecule has 2 N–H and O–H groups in total. The fraction of sp³-hybridized carbons (Fsp3) is 0.625. The van der Waals surface area contributed by atoms with Crippen molar-refractivity contribution in [1.82, 2.24) is 0 Å². The molecule has 1 aliphatic carbocycles. The van der Waals surface area contributed by atoms with Crippen molar-refractivity contribution in [2.24, 2.45) is 0 Å². The monoisotopic (exact) mass is 188 g/mol. The van der Waals surface area contributed by atoms with Crippen molar-refractivity contribution in [3.63, 3.8) is 0 Å². The molecule has 1 aliphatic rings. The number of aliphatic hydroxyl groups excluding tert-OH is 2. The zero-order valence-electron chi connectivity index (χ0n) is 7.43. The van der Waals surface area contributed by atoms with Gasteiger partial charge in [0.2, 0.25) is 0 Å². The predicted octanol–water partition coefficient (Wildman–Crippen LogP) is -1.16. The molecule has 74 valence electrons. The normalized spacial score (nSPS) is 34.3. The van der Waals surface area contributed by atoms with E-state index in [9.17, 15) is 15.0 Å². The van der Waals surface area contributed by atoms with Crippen LogP contribution in [0, 0.1) is 0 Å². The van der Waals surface area contributed by atoms with E-state index in [-0.39, 0.29) is 5.76 Å². The van der Waals surface area contributed by atoms with Crippen molar-refractivity contribution >= 4 is 5.78 Å². The van der Waals surface area contributed by atoms with Gasteiger partial charge in [0.1, 0.15) is 24.1 Å². The van der Waals surface area contributed by atoms with E-state index in [0.717, 1.165) is 6.08 Å². The van der Waals surface area contributed by atoms with Gasteiger partial charge in [0.25, 0.3) is 0 Å². The molecule has 0 fully saturated rings. The molecule has 0 bridgehead atoms. The lowest BCUT2D eigenvalue weighted by molar-refractivity contribution is -0.139. The van der Waals surface area contributed by atoms with E-state index in [1.54, 1.807) is 0 Å². The molecule has 0 heterocycles. The summed E-state index contributed by atoms with van der Waals surface area (Å²) in [5.41, 5.74) is 0. The second-order valence-corrected chi connectivity index (χ2v) is 2.74. The fourth-order valence-corrected chi connectivity index (χ4v) is 1.24. The zero-order valence-corrected chi connectivity index (χ0v) is 7.43. The molecule has 0 spiro atoms. The Bertz CT molecular complexity index is 235. The Morgan fingerprint density at radius 1 is 1.38 bits per heavy atom. The summed E-state index contributed by atoms with van der Waals surface area (Å²) in [6, 6.07) is 0. The molecule has 0 aromatic carbocycles. The van der Waals surface area contributed by atoms with Gasteiger partial charge in [-0.25, -0.2) is 0 Å². The minimum absolute atomic E-state index is 0.227. The number of rotatable bonds is 2. The number of aliphatic hydroxyl groups is 2. The third-order valence-corrected chi connectivity index (χ3v) is 1.98. The molecule has 0 aromatic heterocycles. The van der Waals surface area contributed by atoms with Gasteiger partial charge in [-0.05, 0) is 0 Å². The van der Waals surface area contributed by atoms with Crippen molar-refractivity contribution in [3.8, 4) is 0 Å². The maximum Gasteiger partial charge on any atom is 0.190 e. The van der Waals surface area contributed by atoms with Crippen LogP contribution < -0.4 is 0 Å². The first kappa shape index (κ1) is 10.2. The summed E-state index contributed by atoms with van der Waals surface area (Å²) in [5, 5.41) is 18.6. The predicted molar refractivity (Wildman–Crippen MR) is 42.9 cm³/mol. The number of carbonyl (C=O) groups is 1. The van der Waals surface area contributed by atoms with Gasteiger partial charge in [0.05, 0.1) is 7.11 Å². The summed E-state index contributed by atoms with van der Waals surface area (Å²) >= 11 is 0. The average Bonchev–Trinajstić information content (AvgIpc) is 2.13. The van der Waals surface area contributed by atoms with E-state index < -0.39 is 24.1 Å². The van der Waals surface area contributed by atoms with Gasteiger partial charge in [-0.1, -0.05) is 0 Å². The summed E-state index contributed by atoms with van der Waals surface area (Å²) in [5.74, 6) is -0.344. The van der Waals surface area contributed by atoms with E-state index in [4.69, 9.17) is 9.47 Å². The van der Waals surface area contributed by atoms with E-state index in [0.29, 0.717) is 0 Å². The molecule has 0 saturated heterocycles. The van der Waals surface area contributed by atoms with Crippen LogP contribution in [0.2, 0.25) is 0 Å². The molecule has 0 saturated carbocycles. The van der Waals surface area contributed by atoms with E-state index in [1.165, 1.54) is 14.2 Å². The van der Waals surface area contributed by atoms with Gasteiger partial charge < -0.3 is 19.7 Å². The van der Waals surface area contributed by atoms with Gasteiger partial charge in [-0.3, -0.25) is 4.79 Å². The molecular weight excluding hydrogens is 176 g/mol. The first-order chi connectivity index (χ1) is 6.11. The largest absolute Gasteiger partial charge is 0.498 e. The number of carbonyl (C=O) groups excluding carboxylic acids is 1. The highest BCUT2D eigenvalue weighted by Crippen LogP contribution is 2.20. The summed E-state index contributed by atoms with van der Waals surface area (Å²) in [6.45, 7) is 0. The van der Waals surface area contributed by atoms with Crippen LogP contribution in [0.3, 0.4) is 0 Å². The Labute approximate surface area is 75.6 Å². The molecule has 13 heavy (non-hydrogen) atoms. The topological polar surface area (TPSA) is 76.0 Å². The Kier molecular flexibility index (Phi) is 3.02. The SMILES string of the molecule is COC1=CC(=O)[C@H](O)[C@H](O)[C@@H]1OC. The molecule has 0 radical (unpaired) electrons. The number of hydrogen-bond donors (Lipinski definition) is 2. The van der Waals surface area contributed by atoms with Crippen LogP contribution in [-0.4, -0.2) is 48.5 Å². The lowest BCUT2D eigenvalue weighted by Gasteiger charge is -2.29. The van der Waals surface area contributed by atoms with Gasteiger partial charge in [0, 0.05) is 13.2 Å². The minimum atomic E-state index is -1.43. The zero-order chi connectivity index (χ0) is 10.0. The maximum atomic E-state index is 11.0. The standard InChI is InChI=1S/C8H12O5/c1-12-5-3-4(9)6(10)7(11)8(5)13-2/h3,6-8,10-11H,1-2H3/t6-,7-,8+/m0/s1. The van der Waals surface area contributed by atoms with Crippen molar-refractivity contribution in [1.29, 1.82) is 0 Å². The Balaban J connectivity index is 2.94. The summed E-state index contributed by atoms with van der Waals surface area (Å²) in [6.07, 6.45) is -2.34. The Morgan fingerprint density at radius 2 is 2.00 bits per heavy atom. The highest BCUT2D eigenvalue weighted by atomic mass is 16.5. The van der Waals surface area contributed by atoms with Crippen LogP contribution in [0.4, 0.5) is 0 Å². The number of ether oxygens (including phenoxy) is 2. The van der Waals surface area contributed by atoms with Crippen molar-refractivity contribution in [3.05, 3.63) is 11.8 Å². The Hall–Kier alpha value is -0.910. The molecule has 0 aromatic rings. The molecular formula is C8H12O5. The average molecular weight is 188 g/mol. The number of ketones is 1. The summed E-state index contributed by atoms with van der Waals surface area (Å²) < 4.78 is 9.70. The minimum Gasteiger partial charge on any atom is -0.498 e. The second-order valence-electron chi connectivity index (χ2n) is 2.74. The molecule has 0 aliphatic heterocycles. The van der Waals surface area contributed by atoms with Gasteiger partial charge in [-0.15, -0.1) is 0 Å². The van der Waals surface area contributed by atoms with Crippen LogP contribution in [0.5, 0.6) is 0 Å². The number of methoxy groups -OCH3 is 2. The van der Waals surface area contributed by atoms with Gasteiger partial charge in [-0.2, -0.15) is 0 Å². The molecule has 0 unspecified atom stereocenters. The highest BCUT2D eigenvalue weighted by molar-refractivity contribution is 5.95. The second kappa shape index (κ2) is 3.87. The van der Waals surface area contributed by atoms with Crippen molar-refractivity contribution in [2.75, 3.05) is 14.2 Å². The first-order valence-corrected chi connectivity index (χ1v) is 3.80. The summed E-state index contributed by atoms with van der Waals surface area (Å²) in [4.78, 5) is 11.0. The van der Waals surface area contributed by atoms with E-state index in [2.05, 4.69) is 0 Å². The van der Waals surface area contributed by atoms with Crippen LogP contribution >= 0.6 is 0 Å².